The van der Waals surface area contributed by atoms with Gasteiger partial charge in [-0.1, -0.05) is 42.1 Å². The fourth-order valence-corrected chi connectivity index (χ4v) is 3.18. The van der Waals surface area contributed by atoms with Crippen LogP contribution in [0.1, 0.15) is 12.5 Å². The molecule has 0 saturated carbocycles. The summed E-state index contributed by atoms with van der Waals surface area (Å²) in [7, 11) is 0. The average molecular weight is 312 g/mol. The number of hydrogen-bond acceptors (Lipinski definition) is 4. The summed E-state index contributed by atoms with van der Waals surface area (Å²) in [4.78, 5) is 14.3. The first-order valence-corrected chi connectivity index (χ1v) is 7.81. The van der Waals surface area contributed by atoms with Gasteiger partial charge in [0.05, 0.1) is 0 Å². The van der Waals surface area contributed by atoms with E-state index in [1.807, 2.05) is 42.5 Å². The molecule has 2 aromatic carbocycles. The van der Waals surface area contributed by atoms with Crippen molar-refractivity contribution in [1.29, 1.82) is 0 Å². The highest BCUT2D eigenvalue weighted by Crippen LogP contribution is 2.34. The van der Waals surface area contributed by atoms with E-state index in [1.54, 1.807) is 18.7 Å². The first kappa shape index (κ1) is 15.0. The second kappa shape index (κ2) is 6.08. The van der Waals surface area contributed by atoms with Crippen molar-refractivity contribution in [2.24, 2.45) is 0 Å². The van der Waals surface area contributed by atoms with Crippen LogP contribution in [0.25, 0.3) is 0 Å². The van der Waals surface area contributed by atoms with E-state index >= 15 is 0 Å². The Morgan fingerprint density at radius 3 is 2.36 bits per heavy atom. The maximum Gasteiger partial charge on any atom is 0.191 e. The van der Waals surface area contributed by atoms with Crippen LogP contribution < -0.4 is 0 Å². The van der Waals surface area contributed by atoms with Crippen molar-refractivity contribution < 1.29 is 14.6 Å². The molecule has 22 heavy (non-hydrogen) atoms. The van der Waals surface area contributed by atoms with Gasteiger partial charge in [0.1, 0.15) is 0 Å². The molecule has 3 nitrogen and oxygen atoms in total. The van der Waals surface area contributed by atoms with E-state index in [9.17, 15) is 9.90 Å². The number of carbonyl (C=O) groups excluding carboxylic acids is 1. The number of aliphatic hydroxyl groups excluding tert-OH is 1. The van der Waals surface area contributed by atoms with E-state index in [0.717, 1.165) is 15.4 Å². The van der Waals surface area contributed by atoms with E-state index in [2.05, 4.69) is 12.1 Å². The van der Waals surface area contributed by atoms with Crippen molar-refractivity contribution in [1.82, 2.24) is 0 Å². The smallest absolute Gasteiger partial charge is 0.191 e. The molecule has 112 valence electrons. The van der Waals surface area contributed by atoms with Crippen molar-refractivity contribution >= 4 is 17.5 Å². The minimum Gasteiger partial charge on any atom is -0.365 e. The predicted octanol–water partition coefficient (Wildman–Crippen LogP) is 3.53. The van der Waals surface area contributed by atoms with Gasteiger partial charge in [-0.2, -0.15) is 0 Å². The fraction of sp³-hybridized carbons (Fsp3) is 0.167. The highest BCUT2D eigenvalue weighted by Gasteiger charge is 2.38. The molecule has 3 rings (SSSR count). The van der Waals surface area contributed by atoms with Gasteiger partial charge in [-0.3, -0.25) is 4.79 Å². The molecule has 0 aromatic heterocycles. The molecule has 1 N–H and O–H groups in total. The molecule has 0 saturated heterocycles. The van der Waals surface area contributed by atoms with Crippen LogP contribution in [-0.4, -0.2) is 17.2 Å². The van der Waals surface area contributed by atoms with Gasteiger partial charge in [0.25, 0.3) is 0 Å². The lowest BCUT2D eigenvalue weighted by Crippen LogP contribution is -2.40. The molecular formula is C18H16O3S. The quantitative estimate of drug-likeness (QED) is 0.942. The van der Waals surface area contributed by atoms with Crippen LogP contribution in [-0.2, 0) is 15.1 Å². The number of carbonyl (C=O) groups is 1. The van der Waals surface area contributed by atoms with E-state index in [1.165, 1.54) is 12.2 Å². The van der Waals surface area contributed by atoms with E-state index in [0.29, 0.717) is 0 Å². The molecule has 1 aliphatic heterocycles. The highest BCUT2D eigenvalue weighted by atomic mass is 32.2. The van der Waals surface area contributed by atoms with Gasteiger partial charge in [-0.05, 0) is 48.9 Å². The van der Waals surface area contributed by atoms with Gasteiger partial charge in [0.2, 0.25) is 0 Å². The molecule has 0 fully saturated rings. The number of ketones is 1. The van der Waals surface area contributed by atoms with E-state index < -0.39 is 11.9 Å². The summed E-state index contributed by atoms with van der Waals surface area (Å²) in [6.45, 7) is 1.68. The Hall–Kier alpha value is -1.88. The van der Waals surface area contributed by atoms with Crippen LogP contribution in [0, 0.1) is 0 Å². The number of hydrogen-bond donors (Lipinski definition) is 1. The Bertz CT molecular complexity index is 694. The lowest BCUT2D eigenvalue weighted by atomic mass is 9.89. The Morgan fingerprint density at radius 2 is 1.68 bits per heavy atom. The summed E-state index contributed by atoms with van der Waals surface area (Å²) in [5.74, 6) is -0.165. The molecule has 2 atom stereocenters. The van der Waals surface area contributed by atoms with Gasteiger partial charge < -0.3 is 9.84 Å². The first-order valence-electron chi connectivity index (χ1n) is 7.00. The molecule has 0 radical (unpaired) electrons. The average Bonchev–Trinajstić information content (AvgIpc) is 2.53. The Morgan fingerprint density at radius 1 is 1.05 bits per heavy atom. The number of aliphatic hydroxyl groups is 1. The molecule has 4 heteroatoms. The van der Waals surface area contributed by atoms with Crippen LogP contribution in [0.4, 0.5) is 0 Å². The predicted molar refractivity (Wildman–Crippen MR) is 85.6 cm³/mol. The molecule has 1 heterocycles. The molecule has 2 aromatic rings. The molecule has 0 bridgehead atoms. The van der Waals surface area contributed by atoms with Crippen LogP contribution in [0.2, 0.25) is 0 Å². The maximum atomic E-state index is 12.1. The minimum atomic E-state index is -1.13. The lowest BCUT2D eigenvalue weighted by molar-refractivity contribution is -0.177. The maximum absolute atomic E-state index is 12.1. The second-order valence-corrected chi connectivity index (χ2v) is 6.35. The summed E-state index contributed by atoms with van der Waals surface area (Å²) in [6.07, 6.45) is 1.67. The van der Waals surface area contributed by atoms with Gasteiger partial charge >= 0.3 is 0 Å². The Labute approximate surface area is 133 Å². The summed E-state index contributed by atoms with van der Waals surface area (Å²) in [5.41, 5.74) is -0.400. The topological polar surface area (TPSA) is 46.5 Å². The fourth-order valence-electron chi connectivity index (χ4n) is 2.34. The Kier molecular flexibility index (Phi) is 4.16. The molecule has 2 unspecified atom stereocenters. The molecule has 0 spiro atoms. The summed E-state index contributed by atoms with van der Waals surface area (Å²) < 4.78 is 5.44. The third-order valence-corrected chi connectivity index (χ3v) is 4.64. The molecule has 1 aliphatic rings. The van der Waals surface area contributed by atoms with Crippen molar-refractivity contribution in [2.45, 2.75) is 28.6 Å². The van der Waals surface area contributed by atoms with Crippen molar-refractivity contribution in [3.05, 3.63) is 72.3 Å². The monoisotopic (exact) mass is 312 g/mol. The standard InChI is InChI=1S/C18H16O3S/c1-18(16(19)11-12-17(20)21-18)13-7-9-15(10-8-13)22-14-5-3-2-4-6-14/h2-12,17,20H,1H3. The van der Waals surface area contributed by atoms with E-state index in [-0.39, 0.29) is 5.78 Å². The van der Waals surface area contributed by atoms with E-state index in [4.69, 9.17) is 4.74 Å². The third-order valence-electron chi connectivity index (χ3n) is 3.62. The van der Waals surface area contributed by atoms with Crippen molar-refractivity contribution in [3.63, 3.8) is 0 Å². The normalized spacial score (nSPS) is 24.5. The first-order chi connectivity index (χ1) is 10.6. The summed E-state index contributed by atoms with van der Waals surface area (Å²) in [5, 5.41) is 9.61. The van der Waals surface area contributed by atoms with Gasteiger partial charge in [0.15, 0.2) is 17.7 Å². The lowest BCUT2D eigenvalue weighted by Gasteiger charge is -2.32. The van der Waals surface area contributed by atoms with Gasteiger partial charge in [0, 0.05) is 9.79 Å². The molecule has 0 amide bonds. The molecule has 0 aliphatic carbocycles. The number of rotatable bonds is 3. The third kappa shape index (κ3) is 2.99. The summed E-state index contributed by atoms with van der Waals surface area (Å²) >= 11 is 1.65. The summed E-state index contributed by atoms with van der Waals surface area (Å²) in [6, 6.07) is 17.7. The van der Waals surface area contributed by atoms with Crippen LogP contribution in [0.15, 0.2) is 76.5 Å². The van der Waals surface area contributed by atoms with Crippen LogP contribution in [0.3, 0.4) is 0 Å². The zero-order chi connectivity index (χ0) is 15.6. The largest absolute Gasteiger partial charge is 0.365 e. The number of benzene rings is 2. The van der Waals surface area contributed by atoms with Gasteiger partial charge in [-0.25, -0.2) is 0 Å². The highest BCUT2D eigenvalue weighted by molar-refractivity contribution is 7.99. The Balaban J connectivity index is 1.82. The van der Waals surface area contributed by atoms with Gasteiger partial charge in [-0.15, -0.1) is 0 Å². The van der Waals surface area contributed by atoms with Crippen molar-refractivity contribution in [3.8, 4) is 0 Å². The molecular weight excluding hydrogens is 296 g/mol. The van der Waals surface area contributed by atoms with Crippen LogP contribution >= 0.6 is 11.8 Å². The zero-order valence-corrected chi connectivity index (χ0v) is 12.9. The van der Waals surface area contributed by atoms with Crippen LogP contribution in [0.5, 0.6) is 0 Å². The zero-order valence-electron chi connectivity index (χ0n) is 12.1. The minimum absolute atomic E-state index is 0.165. The number of ether oxygens (including phenoxy) is 1. The second-order valence-electron chi connectivity index (χ2n) is 5.20. The van der Waals surface area contributed by atoms with Crippen molar-refractivity contribution in [2.75, 3.05) is 0 Å². The SMILES string of the molecule is CC1(c2ccc(Sc3ccccc3)cc2)OC(O)C=CC1=O.